The molecular formula is C16H15ClN2O2S. The van der Waals surface area contributed by atoms with Gasteiger partial charge in [0, 0.05) is 16.0 Å². The molecule has 1 aromatic carbocycles. The van der Waals surface area contributed by atoms with Gasteiger partial charge in [-0.25, -0.2) is 0 Å². The molecule has 1 heterocycles. The Labute approximate surface area is 137 Å². The lowest BCUT2D eigenvalue weighted by Crippen LogP contribution is -2.16. The highest BCUT2D eigenvalue weighted by Gasteiger charge is 2.18. The van der Waals surface area contributed by atoms with Gasteiger partial charge in [-0.05, 0) is 43.2 Å². The lowest BCUT2D eigenvalue weighted by Gasteiger charge is -2.02. The van der Waals surface area contributed by atoms with Crippen LogP contribution in [0, 0.1) is 13.8 Å². The number of primary amides is 1. The Morgan fingerprint density at radius 1 is 1.23 bits per heavy atom. The number of benzene rings is 1. The summed E-state index contributed by atoms with van der Waals surface area (Å²) < 4.78 is 0. The topological polar surface area (TPSA) is 72.2 Å². The Kier molecular flexibility index (Phi) is 5.00. The van der Waals surface area contributed by atoms with E-state index < -0.39 is 5.91 Å². The molecule has 0 saturated carbocycles. The van der Waals surface area contributed by atoms with Gasteiger partial charge < -0.3 is 11.1 Å². The molecule has 6 heteroatoms. The quantitative estimate of drug-likeness (QED) is 0.835. The van der Waals surface area contributed by atoms with E-state index in [0.717, 1.165) is 16.0 Å². The monoisotopic (exact) mass is 334 g/mol. The Balaban J connectivity index is 2.14. The van der Waals surface area contributed by atoms with Gasteiger partial charge in [0.1, 0.15) is 5.00 Å². The van der Waals surface area contributed by atoms with Gasteiger partial charge in [0.2, 0.25) is 5.91 Å². The molecule has 0 aliphatic rings. The third kappa shape index (κ3) is 3.75. The molecule has 0 atom stereocenters. The Hall–Kier alpha value is -2.11. The maximum atomic E-state index is 12.0. The highest BCUT2D eigenvalue weighted by molar-refractivity contribution is 7.16. The molecule has 114 valence electrons. The third-order valence-corrected chi connectivity index (χ3v) is 4.54. The number of amides is 2. The molecule has 0 aliphatic heterocycles. The summed E-state index contributed by atoms with van der Waals surface area (Å²) >= 11 is 7.14. The van der Waals surface area contributed by atoms with Crippen LogP contribution >= 0.6 is 22.9 Å². The van der Waals surface area contributed by atoms with E-state index in [9.17, 15) is 9.59 Å². The van der Waals surface area contributed by atoms with Gasteiger partial charge in [-0.2, -0.15) is 0 Å². The molecule has 3 N–H and O–H groups in total. The summed E-state index contributed by atoms with van der Waals surface area (Å²) in [5, 5.41) is 3.82. The Bertz CT molecular complexity index is 748. The number of nitrogens with two attached hydrogens (primary N) is 1. The number of hydrogen-bond acceptors (Lipinski definition) is 3. The molecule has 2 amide bonds. The zero-order valence-corrected chi connectivity index (χ0v) is 13.7. The van der Waals surface area contributed by atoms with Gasteiger partial charge >= 0.3 is 0 Å². The first kappa shape index (κ1) is 16.3. The van der Waals surface area contributed by atoms with Crippen molar-refractivity contribution >= 4 is 45.8 Å². The molecule has 0 unspecified atom stereocenters. The largest absolute Gasteiger partial charge is 0.365 e. The lowest BCUT2D eigenvalue weighted by atomic mass is 10.1. The molecule has 0 aliphatic carbocycles. The predicted molar refractivity (Wildman–Crippen MR) is 91.4 cm³/mol. The van der Waals surface area contributed by atoms with Crippen LogP contribution in [0.25, 0.3) is 6.08 Å². The summed E-state index contributed by atoms with van der Waals surface area (Å²) in [5.74, 6) is -0.863. The second-order valence-corrected chi connectivity index (χ2v) is 6.39. The number of aryl methyl sites for hydroxylation is 1. The fourth-order valence-corrected chi connectivity index (χ4v) is 3.11. The molecule has 22 heavy (non-hydrogen) atoms. The minimum Gasteiger partial charge on any atom is -0.365 e. The summed E-state index contributed by atoms with van der Waals surface area (Å²) in [6.07, 6.45) is 3.07. The van der Waals surface area contributed by atoms with Crippen LogP contribution in [0.2, 0.25) is 5.02 Å². The average molecular weight is 335 g/mol. The van der Waals surface area contributed by atoms with Crippen molar-refractivity contribution in [3.63, 3.8) is 0 Å². The zero-order valence-electron chi connectivity index (χ0n) is 12.1. The first-order valence-corrected chi connectivity index (χ1v) is 7.72. The Morgan fingerprint density at radius 2 is 1.86 bits per heavy atom. The van der Waals surface area contributed by atoms with Crippen LogP contribution in [0.5, 0.6) is 0 Å². The van der Waals surface area contributed by atoms with E-state index in [2.05, 4.69) is 5.32 Å². The van der Waals surface area contributed by atoms with E-state index in [0.29, 0.717) is 15.6 Å². The van der Waals surface area contributed by atoms with Crippen LogP contribution in [0.4, 0.5) is 5.00 Å². The van der Waals surface area contributed by atoms with Crippen molar-refractivity contribution in [1.29, 1.82) is 0 Å². The summed E-state index contributed by atoms with van der Waals surface area (Å²) in [7, 11) is 0. The van der Waals surface area contributed by atoms with E-state index in [-0.39, 0.29) is 5.91 Å². The summed E-state index contributed by atoms with van der Waals surface area (Å²) in [6, 6.07) is 7.10. The number of halogens is 1. The maximum absolute atomic E-state index is 12.0. The van der Waals surface area contributed by atoms with Crippen LogP contribution in [0.1, 0.15) is 26.4 Å². The highest BCUT2D eigenvalue weighted by atomic mass is 35.5. The van der Waals surface area contributed by atoms with Crippen LogP contribution in [0.3, 0.4) is 0 Å². The summed E-state index contributed by atoms with van der Waals surface area (Å²) in [4.78, 5) is 24.4. The van der Waals surface area contributed by atoms with E-state index in [4.69, 9.17) is 17.3 Å². The van der Waals surface area contributed by atoms with Gasteiger partial charge in [0.25, 0.3) is 5.91 Å². The molecule has 0 bridgehead atoms. The number of rotatable bonds is 4. The second-order valence-electron chi connectivity index (χ2n) is 4.73. The van der Waals surface area contributed by atoms with E-state index in [1.54, 1.807) is 30.3 Å². The fraction of sp³-hybridized carbons (Fsp3) is 0.125. The van der Waals surface area contributed by atoms with Gasteiger partial charge in [0.15, 0.2) is 0 Å². The van der Waals surface area contributed by atoms with Gasteiger partial charge in [-0.1, -0.05) is 23.7 Å². The lowest BCUT2D eigenvalue weighted by molar-refractivity contribution is -0.111. The van der Waals surface area contributed by atoms with Crippen molar-refractivity contribution in [2.75, 3.05) is 5.32 Å². The SMILES string of the molecule is Cc1sc(NC(=O)/C=C/c2ccc(Cl)cc2)c(C(N)=O)c1C. The van der Waals surface area contributed by atoms with Gasteiger partial charge in [-0.15, -0.1) is 11.3 Å². The third-order valence-electron chi connectivity index (χ3n) is 3.17. The zero-order chi connectivity index (χ0) is 16.3. The van der Waals surface area contributed by atoms with Crippen molar-refractivity contribution < 1.29 is 9.59 Å². The number of hydrogen-bond donors (Lipinski definition) is 2. The minimum absolute atomic E-state index is 0.321. The Morgan fingerprint density at radius 3 is 2.45 bits per heavy atom. The van der Waals surface area contributed by atoms with Gasteiger partial charge in [-0.3, -0.25) is 9.59 Å². The first-order chi connectivity index (χ1) is 10.4. The maximum Gasteiger partial charge on any atom is 0.251 e. The van der Waals surface area contributed by atoms with Crippen molar-refractivity contribution in [1.82, 2.24) is 0 Å². The standard InChI is InChI=1S/C16H15ClN2O2S/c1-9-10(2)22-16(14(9)15(18)21)19-13(20)8-5-11-3-6-12(17)7-4-11/h3-8H,1-2H3,(H2,18,21)(H,19,20)/b8-5+. The van der Waals surface area contributed by atoms with Crippen LogP contribution in [-0.2, 0) is 4.79 Å². The summed E-state index contributed by atoms with van der Waals surface area (Å²) in [6.45, 7) is 3.69. The van der Waals surface area contributed by atoms with Crippen LogP contribution < -0.4 is 11.1 Å². The number of nitrogens with one attached hydrogen (secondary N) is 1. The molecule has 0 radical (unpaired) electrons. The van der Waals surface area contributed by atoms with Crippen molar-refractivity contribution in [3.05, 3.63) is 56.9 Å². The number of carbonyl (C=O) groups is 2. The fourth-order valence-electron chi connectivity index (χ4n) is 1.91. The van der Waals surface area contributed by atoms with Crippen LogP contribution in [-0.4, -0.2) is 11.8 Å². The average Bonchev–Trinajstić information content (AvgIpc) is 2.73. The van der Waals surface area contributed by atoms with Crippen LogP contribution in [0.15, 0.2) is 30.3 Å². The molecule has 0 fully saturated rings. The molecule has 2 aromatic rings. The molecular weight excluding hydrogens is 320 g/mol. The second kappa shape index (κ2) is 6.77. The van der Waals surface area contributed by atoms with Crippen molar-refractivity contribution in [2.45, 2.75) is 13.8 Å². The number of carbonyl (C=O) groups excluding carboxylic acids is 2. The number of anilines is 1. The summed E-state index contributed by atoms with van der Waals surface area (Å²) in [5.41, 5.74) is 7.40. The molecule has 0 spiro atoms. The molecule has 2 rings (SSSR count). The van der Waals surface area contributed by atoms with E-state index in [1.165, 1.54) is 17.4 Å². The molecule has 0 saturated heterocycles. The normalized spacial score (nSPS) is 10.9. The number of thiophene rings is 1. The van der Waals surface area contributed by atoms with E-state index in [1.807, 2.05) is 13.8 Å². The van der Waals surface area contributed by atoms with Crippen molar-refractivity contribution in [3.8, 4) is 0 Å². The van der Waals surface area contributed by atoms with Crippen molar-refractivity contribution in [2.24, 2.45) is 5.73 Å². The highest BCUT2D eigenvalue weighted by Crippen LogP contribution is 2.31. The smallest absolute Gasteiger partial charge is 0.251 e. The molecule has 1 aromatic heterocycles. The molecule has 4 nitrogen and oxygen atoms in total. The van der Waals surface area contributed by atoms with E-state index >= 15 is 0 Å². The van der Waals surface area contributed by atoms with Gasteiger partial charge in [0.05, 0.1) is 5.56 Å². The predicted octanol–water partition coefficient (Wildman–Crippen LogP) is 3.77. The first-order valence-electron chi connectivity index (χ1n) is 6.53. The minimum atomic E-state index is -0.543.